The third-order valence-corrected chi connectivity index (χ3v) is 7.71. The van der Waals surface area contributed by atoms with Crippen LogP contribution in [0.3, 0.4) is 0 Å². The molecule has 0 amide bonds. The molecule has 0 aliphatic heterocycles. The Morgan fingerprint density at radius 1 is 0.750 bits per heavy atom. The molecule has 1 fully saturated rings. The van der Waals surface area contributed by atoms with Crippen molar-refractivity contribution in [3.05, 3.63) is 101 Å². The zero-order chi connectivity index (χ0) is 24.2. The Morgan fingerprint density at radius 3 is 2.06 bits per heavy atom. The summed E-state index contributed by atoms with van der Waals surface area (Å²) in [5.41, 5.74) is 4.94. The van der Waals surface area contributed by atoms with Crippen LogP contribution in [0.4, 0.5) is 0 Å². The summed E-state index contributed by atoms with van der Waals surface area (Å²) in [5, 5.41) is 1.94. The van der Waals surface area contributed by atoms with Crippen molar-refractivity contribution in [3.8, 4) is 11.3 Å². The van der Waals surface area contributed by atoms with E-state index < -0.39 is 0 Å². The molecule has 0 spiro atoms. The highest BCUT2D eigenvalue weighted by Crippen LogP contribution is 2.39. The van der Waals surface area contributed by atoms with Gasteiger partial charge >= 0.3 is 0 Å². The Morgan fingerprint density at radius 2 is 1.39 bits per heavy atom. The van der Waals surface area contributed by atoms with Gasteiger partial charge in [-0.3, -0.25) is 9.59 Å². The summed E-state index contributed by atoms with van der Waals surface area (Å²) >= 11 is 0. The molecule has 5 aromatic rings. The minimum Gasteiger partial charge on any atom is -0.454 e. The van der Waals surface area contributed by atoms with Gasteiger partial charge in [0.05, 0.1) is 11.1 Å². The Hall–Kier alpha value is -4.18. The number of benzene rings is 3. The summed E-state index contributed by atoms with van der Waals surface area (Å²) in [6, 6.07) is 26.0. The van der Waals surface area contributed by atoms with E-state index in [0.717, 1.165) is 51.7 Å². The van der Waals surface area contributed by atoms with Crippen LogP contribution in [-0.2, 0) is 0 Å². The Balaban J connectivity index is 1.36. The van der Waals surface area contributed by atoms with Crippen LogP contribution in [0.15, 0.2) is 88.9 Å². The molecular formula is C32H25NO3. The second-order valence-corrected chi connectivity index (χ2v) is 9.92. The SMILES string of the molecule is O=C1C(=Cc2cc3oc(-c4ccccc4)cc3n2C2CCCCC2)C(=O)c2cc3ccccc3cc21. The van der Waals surface area contributed by atoms with E-state index in [-0.39, 0.29) is 17.1 Å². The number of allylic oxidation sites excluding steroid dienone is 1. The van der Waals surface area contributed by atoms with Gasteiger partial charge in [0, 0.05) is 40.6 Å². The van der Waals surface area contributed by atoms with Crippen LogP contribution in [0.25, 0.3) is 39.3 Å². The highest BCUT2D eigenvalue weighted by Gasteiger charge is 2.34. The molecule has 0 saturated heterocycles. The number of ketones is 2. The summed E-state index contributed by atoms with van der Waals surface area (Å²) in [5.74, 6) is 0.439. The molecule has 2 aromatic heterocycles. The summed E-state index contributed by atoms with van der Waals surface area (Å²) in [6.07, 6.45) is 7.57. The van der Waals surface area contributed by atoms with Crippen LogP contribution in [0, 0.1) is 0 Å². The first-order valence-corrected chi connectivity index (χ1v) is 12.7. The maximum absolute atomic E-state index is 13.4. The predicted octanol–water partition coefficient (Wildman–Crippen LogP) is 8.02. The van der Waals surface area contributed by atoms with Gasteiger partial charge in [-0.25, -0.2) is 0 Å². The topological polar surface area (TPSA) is 52.2 Å². The summed E-state index contributed by atoms with van der Waals surface area (Å²) in [7, 11) is 0. The molecule has 7 rings (SSSR count). The van der Waals surface area contributed by atoms with Gasteiger partial charge in [-0.15, -0.1) is 0 Å². The fourth-order valence-electron chi connectivity index (χ4n) is 5.92. The molecule has 4 heteroatoms. The van der Waals surface area contributed by atoms with Gasteiger partial charge in [0.2, 0.25) is 0 Å². The van der Waals surface area contributed by atoms with Gasteiger partial charge in [0.1, 0.15) is 5.76 Å². The van der Waals surface area contributed by atoms with E-state index in [9.17, 15) is 9.59 Å². The van der Waals surface area contributed by atoms with Crippen LogP contribution in [0.5, 0.6) is 0 Å². The molecule has 0 unspecified atom stereocenters. The molecule has 4 nitrogen and oxygen atoms in total. The van der Waals surface area contributed by atoms with E-state index in [1.807, 2.05) is 72.8 Å². The van der Waals surface area contributed by atoms with Crippen molar-refractivity contribution in [1.29, 1.82) is 0 Å². The third-order valence-electron chi connectivity index (χ3n) is 7.71. The molecular weight excluding hydrogens is 446 g/mol. The van der Waals surface area contributed by atoms with Gasteiger partial charge in [0.25, 0.3) is 0 Å². The highest BCUT2D eigenvalue weighted by molar-refractivity contribution is 6.42. The number of rotatable bonds is 3. The van der Waals surface area contributed by atoms with E-state index in [0.29, 0.717) is 17.2 Å². The van der Waals surface area contributed by atoms with Gasteiger partial charge < -0.3 is 8.98 Å². The highest BCUT2D eigenvalue weighted by atomic mass is 16.3. The van der Waals surface area contributed by atoms with E-state index in [4.69, 9.17) is 4.42 Å². The molecule has 176 valence electrons. The van der Waals surface area contributed by atoms with Crippen molar-refractivity contribution in [3.63, 3.8) is 0 Å². The number of carbonyl (C=O) groups is 2. The van der Waals surface area contributed by atoms with Crippen molar-refractivity contribution < 1.29 is 14.0 Å². The molecule has 36 heavy (non-hydrogen) atoms. The van der Waals surface area contributed by atoms with E-state index in [2.05, 4.69) is 10.6 Å². The molecule has 0 bridgehead atoms. The van der Waals surface area contributed by atoms with Crippen LogP contribution in [0.2, 0.25) is 0 Å². The fourth-order valence-corrected chi connectivity index (χ4v) is 5.92. The van der Waals surface area contributed by atoms with Gasteiger partial charge in [0.15, 0.2) is 17.1 Å². The normalized spacial score (nSPS) is 16.3. The second-order valence-electron chi connectivity index (χ2n) is 9.92. The average Bonchev–Trinajstić information content (AvgIpc) is 3.55. The van der Waals surface area contributed by atoms with Gasteiger partial charge in [-0.2, -0.15) is 0 Å². The maximum Gasteiger partial charge on any atom is 0.197 e. The monoisotopic (exact) mass is 471 g/mol. The zero-order valence-electron chi connectivity index (χ0n) is 19.9. The summed E-state index contributed by atoms with van der Waals surface area (Å²) in [4.78, 5) is 26.8. The van der Waals surface area contributed by atoms with Crippen molar-refractivity contribution >= 4 is 39.5 Å². The lowest BCUT2D eigenvalue weighted by Crippen LogP contribution is -2.14. The molecule has 0 N–H and O–H groups in total. The van der Waals surface area contributed by atoms with Crippen molar-refractivity contribution in [2.75, 3.05) is 0 Å². The smallest absolute Gasteiger partial charge is 0.197 e. The average molecular weight is 472 g/mol. The number of furan rings is 1. The minimum atomic E-state index is -0.196. The van der Waals surface area contributed by atoms with Gasteiger partial charge in [-0.1, -0.05) is 73.9 Å². The largest absolute Gasteiger partial charge is 0.454 e. The lowest BCUT2D eigenvalue weighted by Gasteiger charge is -2.25. The lowest BCUT2D eigenvalue weighted by molar-refractivity contribution is 0.0990. The fraction of sp³-hybridized carbons (Fsp3) is 0.188. The number of nitrogens with zero attached hydrogens (tertiary/aromatic N) is 1. The van der Waals surface area contributed by atoms with E-state index in [1.165, 1.54) is 19.3 Å². The Labute approximate surface area is 208 Å². The number of hydrogen-bond acceptors (Lipinski definition) is 3. The minimum absolute atomic E-state index is 0.196. The third kappa shape index (κ3) is 3.29. The van der Waals surface area contributed by atoms with Crippen molar-refractivity contribution in [1.82, 2.24) is 4.57 Å². The van der Waals surface area contributed by atoms with Crippen LogP contribution in [-0.4, -0.2) is 16.1 Å². The maximum atomic E-state index is 13.4. The molecule has 0 radical (unpaired) electrons. The van der Waals surface area contributed by atoms with E-state index in [1.54, 1.807) is 6.08 Å². The molecule has 2 aliphatic carbocycles. The number of Topliss-reactive ketones (excluding diaryl/α,β-unsaturated/α-hetero) is 2. The van der Waals surface area contributed by atoms with E-state index >= 15 is 0 Å². The standard InChI is InChI=1S/C32H25NO3/c34-31-25-15-21-11-7-8-12-22(21)16-26(25)32(35)27(31)17-24-18-30-28(33(24)23-13-5-2-6-14-23)19-29(36-30)20-9-3-1-4-10-20/h1,3-4,7-12,15-19,23H,2,5-6,13-14H2. The first-order chi connectivity index (χ1) is 17.7. The van der Waals surface area contributed by atoms with Gasteiger partial charge in [-0.05, 0) is 41.8 Å². The summed E-state index contributed by atoms with van der Waals surface area (Å²) < 4.78 is 8.58. The number of aromatic nitrogens is 1. The summed E-state index contributed by atoms with van der Waals surface area (Å²) in [6.45, 7) is 0. The molecule has 0 atom stereocenters. The van der Waals surface area contributed by atoms with Crippen LogP contribution < -0.4 is 0 Å². The molecule has 2 heterocycles. The Bertz CT molecular complexity index is 1640. The van der Waals surface area contributed by atoms with Crippen molar-refractivity contribution in [2.45, 2.75) is 38.1 Å². The van der Waals surface area contributed by atoms with Crippen LogP contribution in [0.1, 0.15) is 64.6 Å². The molecule has 3 aromatic carbocycles. The lowest BCUT2D eigenvalue weighted by atomic mass is 9.95. The number of fused-ring (bicyclic) bond motifs is 3. The Kier molecular flexibility index (Phi) is 4.81. The van der Waals surface area contributed by atoms with Crippen molar-refractivity contribution in [2.24, 2.45) is 0 Å². The predicted molar refractivity (Wildman–Crippen MR) is 142 cm³/mol. The number of carbonyl (C=O) groups excluding carboxylic acids is 2. The quantitative estimate of drug-likeness (QED) is 0.198. The zero-order valence-corrected chi connectivity index (χ0v) is 19.9. The van der Waals surface area contributed by atoms with Crippen LogP contribution >= 0.6 is 0 Å². The first kappa shape index (κ1) is 21.1. The molecule has 1 saturated carbocycles. The number of hydrogen-bond donors (Lipinski definition) is 0. The molecule has 2 aliphatic rings. The second kappa shape index (κ2) is 8.20. The first-order valence-electron chi connectivity index (χ1n) is 12.7.